The summed E-state index contributed by atoms with van der Waals surface area (Å²) >= 11 is 5.35. The Labute approximate surface area is 125 Å². The third-order valence-corrected chi connectivity index (χ3v) is 3.89. The Kier molecular flexibility index (Phi) is 2.90. The van der Waals surface area contributed by atoms with Crippen molar-refractivity contribution in [2.75, 3.05) is 0 Å². The first-order valence-corrected chi connectivity index (χ1v) is 6.95. The lowest BCUT2D eigenvalue weighted by Gasteiger charge is -2.21. The maximum atomic E-state index is 13.5. The lowest BCUT2D eigenvalue weighted by molar-refractivity contribution is 0.449. The molecular formula is C13H6BrFINO. The third kappa shape index (κ3) is 1.85. The van der Waals surface area contributed by atoms with Crippen LogP contribution in [0.15, 0.2) is 35.4 Å². The van der Waals surface area contributed by atoms with Gasteiger partial charge in [-0.2, -0.15) is 0 Å². The Hall–Kier alpha value is -0.950. The molecule has 3 rings (SSSR count). The molecule has 0 aliphatic carbocycles. The lowest BCUT2D eigenvalue weighted by atomic mass is 9.97. The molecule has 2 nitrogen and oxygen atoms in total. The molecule has 1 aromatic carbocycles. The van der Waals surface area contributed by atoms with E-state index in [-0.39, 0.29) is 5.82 Å². The zero-order valence-corrected chi connectivity index (χ0v) is 12.7. The Morgan fingerprint density at radius 1 is 1.28 bits per heavy atom. The van der Waals surface area contributed by atoms with Gasteiger partial charge in [-0.3, -0.25) is 0 Å². The van der Waals surface area contributed by atoms with Crippen LogP contribution in [0.2, 0.25) is 0 Å². The fraction of sp³-hybridized carbons (Fsp3) is 0. The number of rotatable bonds is 0. The first kappa shape index (κ1) is 12.1. The van der Waals surface area contributed by atoms with E-state index in [1.165, 1.54) is 6.07 Å². The minimum Gasteiger partial charge on any atom is -0.438 e. The Morgan fingerprint density at radius 2 is 2.06 bits per heavy atom. The summed E-state index contributed by atoms with van der Waals surface area (Å²) in [6.07, 6.45) is 1.70. The van der Waals surface area contributed by atoms with Gasteiger partial charge in [-0.1, -0.05) is 6.58 Å². The molecule has 90 valence electrons. The minimum absolute atomic E-state index is 0.365. The zero-order chi connectivity index (χ0) is 12.9. The van der Waals surface area contributed by atoms with Gasteiger partial charge in [0.05, 0.1) is 4.47 Å². The fourth-order valence-electron chi connectivity index (χ4n) is 1.82. The number of nitrogens with zero attached hydrogens (tertiary/aromatic N) is 1. The number of pyridine rings is 1. The van der Waals surface area contributed by atoms with Gasteiger partial charge in [0.2, 0.25) is 5.88 Å². The van der Waals surface area contributed by atoms with E-state index in [9.17, 15) is 4.39 Å². The van der Waals surface area contributed by atoms with Gasteiger partial charge < -0.3 is 4.74 Å². The normalized spacial score (nSPS) is 12.7. The van der Waals surface area contributed by atoms with Gasteiger partial charge in [-0.15, -0.1) is 0 Å². The van der Waals surface area contributed by atoms with Crippen LogP contribution in [0.3, 0.4) is 0 Å². The first-order chi connectivity index (χ1) is 8.56. The molecule has 2 aromatic rings. The number of halogens is 3. The fourth-order valence-corrected chi connectivity index (χ4v) is 2.62. The summed E-state index contributed by atoms with van der Waals surface area (Å²) in [6, 6.07) is 4.97. The molecule has 0 unspecified atom stereocenters. The second-order valence-electron chi connectivity index (χ2n) is 3.85. The molecule has 1 aliphatic heterocycles. The maximum absolute atomic E-state index is 13.5. The van der Waals surface area contributed by atoms with E-state index in [4.69, 9.17) is 4.74 Å². The molecule has 0 bridgehead atoms. The highest BCUT2D eigenvalue weighted by molar-refractivity contribution is 14.1. The van der Waals surface area contributed by atoms with E-state index in [2.05, 4.69) is 50.1 Å². The number of benzene rings is 1. The van der Waals surface area contributed by atoms with Crippen LogP contribution in [-0.4, -0.2) is 4.98 Å². The predicted octanol–water partition coefficient (Wildman–Crippen LogP) is 4.76. The van der Waals surface area contributed by atoms with Crippen LogP contribution in [0.25, 0.3) is 5.57 Å². The summed E-state index contributed by atoms with van der Waals surface area (Å²) in [5, 5.41) is 0. The van der Waals surface area contributed by atoms with Crippen LogP contribution >= 0.6 is 38.5 Å². The van der Waals surface area contributed by atoms with Crippen molar-refractivity contribution < 1.29 is 9.13 Å². The van der Waals surface area contributed by atoms with Crippen LogP contribution in [-0.2, 0) is 0 Å². The highest BCUT2D eigenvalue weighted by Crippen LogP contribution is 2.43. The number of hydrogen-bond acceptors (Lipinski definition) is 2. The summed E-state index contributed by atoms with van der Waals surface area (Å²) in [5.74, 6) is 0.548. The van der Waals surface area contributed by atoms with Crippen LogP contribution in [0.1, 0.15) is 11.1 Å². The molecule has 5 heteroatoms. The summed E-state index contributed by atoms with van der Waals surface area (Å²) in [4.78, 5) is 4.20. The Bertz CT molecular complexity index is 687. The second kappa shape index (κ2) is 4.31. The van der Waals surface area contributed by atoms with Gasteiger partial charge in [-0.05, 0) is 56.2 Å². The second-order valence-corrected chi connectivity index (χ2v) is 5.95. The molecule has 0 spiro atoms. The topological polar surface area (TPSA) is 22.1 Å². The van der Waals surface area contributed by atoms with Gasteiger partial charge in [0, 0.05) is 27.0 Å². The van der Waals surface area contributed by atoms with E-state index in [0.717, 1.165) is 20.3 Å². The smallest absolute Gasteiger partial charge is 0.227 e. The van der Waals surface area contributed by atoms with Gasteiger partial charge in [0.1, 0.15) is 11.6 Å². The SMILES string of the molecule is C=C1c2cc(Br)c(F)cc2Oc2ncc(I)cc21. The minimum atomic E-state index is -0.365. The van der Waals surface area contributed by atoms with Crippen molar-refractivity contribution in [3.63, 3.8) is 0 Å². The highest BCUT2D eigenvalue weighted by atomic mass is 127. The summed E-state index contributed by atoms with van der Waals surface area (Å²) in [7, 11) is 0. The van der Waals surface area contributed by atoms with E-state index >= 15 is 0 Å². The predicted molar refractivity (Wildman–Crippen MR) is 79.3 cm³/mol. The molecule has 0 atom stereocenters. The first-order valence-electron chi connectivity index (χ1n) is 5.08. The Morgan fingerprint density at radius 3 is 2.83 bits per heavy atom. The highest BCUT2D eigenvalue weighted by Gasteiger charge is 2.23. The number of fused-ring (bicyclic) bond motifs is 2. The summed E-state index contributed by atoms with van der Waals surface area (Å²) < 4.78 is 20.5. The number of aromatic nitrogens is 1. The molecule has 0 saturated carbocycles. The van der Waals surface area contributed by atoms with Crippen LogP contribution in [0.5, 0.6) is 11.6 Å². The maximum Gasteiger partial charge on any atom is 0.227 e. The monoisotopic (exact) mass is 417 g/mol. The summed E-state index contributed by atoms with van der Waals surface area (Å²) in [5.41, 5.74) is 2.41. The third-order valence-electron chi connectivity index (χ3n) is 2.70. The van der Waals surface area contributed by atoms with Gasteiger partial charge >= 0.3 is 0 Å². The molecular weight excluding hydrogens is 412 g/mol. The molecule has 18 heavy (non-hydrogen) atoms. The zero-order valence-electron chi connectivity index (χ0n) is 9.01. The van der Waals surface area contributed by atoms with Crippen LogP contribution in [0.4, 0.5) is 4.39 Å². The molecule has 1 aromatic heterocycles. The summed E-state index contributed by atoms with van der Waals surface area (Å²) in [6.45, 7) is 4.04. The van der Waals surface area contributed by atoms with Crippen LogP contribution < -0.4 is 4.74 Å². The van der Waals surface area contributed by atoms with Crippen molar-refractivity contribution in [2.45, 2.75) is 0 Å². The quantitative estimate of drug-likeness (QED) is 0.492. The van der Waals surface area contributed by atoms with Crippen molar-refractivity contribution in [3.8, 4) is 11.6 Å². The van der Waals surface area contributed by atoms with Gasteiger partial charge in [-0.25, -0.2) is 9.37 Å². The Balaban J connectivity index is 2.22. The average Bonchev–Trinajstić information content (AvgIpc) is 2.33. The molecule has 0 amide bonds. The lowest BCUT2D eigenvalue weighted by Crippen LogP contribution is -2.04. The van der Waals surface area contributed by atoms with Crippen molar-refractivity contribution in [1.29, 1.82) is 0 Å². The van der Waals surface area contributed by atoms with E-state index < -0.39 is 0 Å². The van der Waals surface area contributed by atoms with Gasteiger partial charge in [0.25, 0.3) is 0 Å². The van der Waals surface area contributed by atoms with Gasteiger partial charge in [0.15, 0.2) is 0 Å². The number of hydrogen-bond donors (Lipinski definition) is 0. The molecule has 0 N–H and O–H groups in total. The van der Waals surface area contributed by atoms with Crippen LogP contribution in [0, 0.1) is 9.39 Å². The van der Waals surface area contributed by atoms with E-state index in [0.29, 0.717) is 16.1 Å². The average molecular weight is 418 g/mol. The van der Waals surface area contributed by atoms with Crippen molar-refractivity contribution in [1.82, 2.24) is 4.98 Å². The van der Waals surface area contributed by atoms with E-state index in [1.807, 2.05) is 6.07 Å². The van der Waals surface area contributed by atoms with E-state index in [1.54, 1.807) is 12.3 Å². The molecule has 0 radical (unpaired) electrons. The molecule has 1 aliphatic rings. The van der Waals surface area contributed by atoms with Crippen molar-refractivity contribution >= 4 is 44.1 Å². The molecule has 0 fully saturated rings. The molecule has 2 heterocycles. The number of ether oxygens (including phenoxy) is 1. The van der Waals surface area contributed by atoms with Crippen molar-refractivity contribution in [2.24, 2.45) is 0 Å². The molecule has 0 saturated heterocycles. The largest absolute Gasteiger partial charge is 0.438 e. The standard InChI is InChI=1S/C13H6BrFINO/c1-6-8-3-10(14)11(15)4-12(8)18-13-9(6)2-7(16)5-17-13/h2-5H,1H2. The van der Waals surface area contributed by atoms with Crippen molar-refractivity contribution in [3.05, 3.63) is 56.0 Å².